The topological polar surface area (TPSA) is 94.3 Å². The van der Waals surface area contributed by atoms with E-state index in [1.165, 1.54) is 11.5 Å². The van der Waals surface area contributed by atoms with Gasteiger partial charge in [-0.25, -0.2) is 0 Å². The van der Waals surface area contributed by atoms with Crippen molar-refractivity contribution in [3.8, 4) is 0 Å². The van der Waals surface area contributed by atoms with E-state index in [9.17, 15) is 9.59 Å². The van der Waals surface area contributed by atoms with Crippen LogP contribution in [0.25, 0.3) is 0 Å². The maximum Gasteiger partial charge on any atom is 0.254 e. The molecule has 110 valence electrons. The summed E-state index contributed by atoms with van der Waals surface area (Å²) in [4.78, 5) is 23.5. The first-order valence-electron chi connectivity index (χ1n) is 6.66. The zero-order chi connectivity index (χ0) is 14.5. The molecule has 0 bridgehead atoms. The highest BCUT2D eigenvalue weighted by Crippen LogP contribution is 2.21. The van der Waals surface area contributed by atoms with Crippen molar-refractivity contribution in [2.24, 2.45) is 11.7 Å². The second-order valence-electron chi connectivity index (χ2n) is 5.01. The molecule has 1 aromatic rings. The first kappa shape index (κ1) is 14.9. The van der Waals surface area contributed by atoms with Gasteiger partial charge in [-0.15, -0.1) is 0 Å². The SMILES string of the molecule is Cc1nscc1C(=O)NC(CC(N)=O)C1CCOCC1. The van der Waals surface area contributed by atoms with Crippen LogP contribution in [0.5, 0.6) is 0 Å². The molecule has 1 unspecified atom stereocenters. The summed E-state index contributed by atoms with van der Waals surface area (Å²) in [5.74, 6) is -0.358. The van der Waals surface area contributed by atoms with Gasteiger partial charge in [0.2, 0.25) is 5.91 Å². The van der Waals surface area contributed by atoms with Crippen molar-refractivity contribution in [1.29, 1.82) is 0 Å². The zero-order valence-corrected chi connectivity index (χ0v) is 12.2. The zero-order valence-electron chi connectivity index (χ0n) is 11.4. The van der Waals surface area contributed by atoms with E-state index in [0.29, 0.717) is 24.5 Å². The molecule has 6 nitrogen and oxygen atoms in total. The van der Waals surface area contributed by atoms with E-state index in [2.05, 4.69) is 9.69 Å². The molecule has 0 aromatic carbocycles. The number of carbonyl (C=O) groups is 2. The van der Waals surface area contributed by atoms with Crippen molar-refractivity contribution < 1.29 is 14.3 Å². The Labute approximate surface area is 121 Å². The molecule has 2 amide bonds. The summed E-state index contributed by atoms with van der Waals surface area (Å²) in [5.41, 5.74) is 6.56. The van der Waals surface area contributed by atoms with Crippen molar-refractivity contribution in [3.05, 3.63) is 16.6 Å². The van der Waals surface area contributed by atoms with Gasteiger partial charge < -0.3 is 15.8 Å². The number of nitrogens with zero attached hydrogens (tertiary/aromatic N) is 1. The summed E-state index contributed by atoms with van der Waals surface area (Å²) in [6, 6.07) is -0.233. The predicted molar refractivity (Wildman–Crippen MR) is 75.5 cm³/mol. The number of ether oxygens (including phenoxy) is 1. The van der Waals surface area contributed by atoms with Crippen LogP contribution in [0.1, 0.15) is 35.3 Å². The Morgan fingerprint density at radius 1 is 1.55 bits per heavy atom. The Balaban J connectivity index is 2.05. The minimum atomic E-state index is -0.401. The van der Waals surface area contributed by atoms with Crippen LogP contribution >= 0.6 is 11.5 Å². The van der Waals surface area contributed by atoms with Crippen LogP contribution in [0.15, 0.2) is 5.38 Å². The van der Waals surface area contributed by atoms with E-state index in [1.54, 1.807) is 12.3 Å². The van der Waals surface area contributed by atoms with E-state index in [1.807, 2.05) is 0 Å². The Hall–Kier alpha value is -1.47. The monoisotopic (exact) mass is 297 g/mol. The fourth-order valence-electron chi connectivity index (χ4n) is 2.43. The number of aromatic nitrogens is 1. The second-order valence-corrected chi connectivity index (χ2v) is 5.64. The van der Waals surface area contributed by atoms with Gasteiger partial charge in [-0.2, -0.15) is 4.37 Å². The van der Waals surface area contributed by atoms with Gasteiger partial charge >= 0.3 is 0 Å². The molecule has 1 aromatic heterocycles. The van der Waals surface area contributed by atoms with Gasteiger partial charge in [0.15, 0.2) is 0 Å². The lowest BCUT2D eigenvalue weighted by Gasteiger charge is -2.30. The number of hydrogen-bond donors (Lipinski definition) is 2. The molecule has 3 N–H and O–H groups in total. The molecule has 2 heterocycles. The van der Waals surface area contributed by atoms with Crippen LogP contribution in [0.3, 0.4) is 0 Å². The lowest BCUT2D eigenvalue weighted by Crippen LogP contribution is -2.44. The van der Waals surface area contributed by atoms with E-state index < -0.39 is 5.91 Å². The van der Waals surface area contributed by atoms with E-state index in [-0.39, 0.29) is 24.3 Å². The quantitative estimate of drug-likeness (QED) is 0.842. The van der Waals surface area contributed by atoms with Crippen molar-refractivity contribution in [3.63, 3.8) is 0 Å². The molecule has 2 rings (SSSR count). The third kappa shape index (κ3) is 3.77. The number of primary amides is 1. The minimum Gasteiger partial charge on any atom is -0.381 e. The first-order valence-corrected chi connectivity index (χ1v) is 7.49. The molecule has 1 fully saturated rings. The summed E-state index contributed by atoms with van der Waals surface area (Å²) in [6.07, 6.45) is 1.82. The van der Waals surface area contributed by atoms with Crippen molar-refractivity contribution in [1.82, 2.24) is 9.69 Å². The normalized spacial score (nSPS) is 17.6. The van der Waals surface area contributed by atoms with Gasteiger partial charge in [-0.1, -0.05) is 0 Å². The lowest BCUT2D eigenvalue weighted by molar-refractivity contribution is -0.118. The van der Waals surface area contributed by atoms with Gasteiger partial charge in [-0.3, -0.25) is 9.59 Å². The lowest BCUT2D eigenvalue weighted by atomic mass is 9.89. The van der Waals surface area contributed by atoms with E-state index in [4.69, 9.17) is 10.5 Å². The Morgan fingerprint density at radius 2 is 2.25 bits per heavy atom. The maximum absolute atomic E-state index is 12.2. The fraction of sp³-hybridized carbons (Fsp3) is 0.615. The third-order valence-corrected chi connectivity index (χ3v) is 4.29. The average Bonchev–Trinajstić information content (AvgIpc) is 2.85. The molecule has 0 aliphatic carbocycles. The molecule has 1 atom stereocenters. The number of amides is 2. The summed E-state index contributed by atoms with van der Waals surface area (Å²) >= 11 is 1.25. The van der Waals surface area contributed by atoms with Gasteiger partial charge in [0.05, 0.1) is 11.3 Å². The van der Waals surface area contributed by atoms with Crippen LogP contribution < -0.4 is 11.1 Å². The molecule has 1 aliphatic heterocycles. The summed E-state index contributed by atoms with van der Waals surface area (Å²) < 4.78 is 9.40. The standard InChI is InChI=1S/C13H19N3O3S/c1-8-10(7-20-16-8)13(18)15-11(6-12(14)17)9-2-4-19-5-3-9/h7,9,11H,2-6H2,1H3,(H2,14,17)(H,15,18). The van der Waals surface area contributed by atoms with Gasteiger partial charge in [0, 0.05) is 31.1 Å². The maximum atomic E-state index is 12.2. The van der Waals surface area contributed by atoms with E-state index >= 15 is 0 Å². The predicted octanol–water partition coefficient (Wildman–Crippen LogP) is 0.852. The number of aryl methyl sites for hydroxylation is 1. The number of hydrogen-bond acceptors (Lipinski definition) is 5. The summed E-state index contributed by atoms with van der Waals surface area (Å²) in [7, 11) is 0. The molecule has 0 radical (unpaired) electrons. The van der Waals surface area contributed by atoms with Crippen LogP contribution in [-0.2, 0) is 9.53 Å². The Bertz CT molecular complexity index is 483. The van der Waals surface area contributed by atoms with Crippen molar-refractivity contribution >= 4 is 23.3 Å². The number of nitrogens with two attached hydrogens (primary N) is 1. The smallest absolute Gasteiger partial charge is 0.254 e. The second kappa shape index (κ2) is 6.81. The van der Waals surface area contributed by atoms with Gasteiger partial charge in [-0.05, 0) is 37.2 Å². The number of carbonyl (C=O) groups excluding carboxylic acids is 2. The molecule has 0 spiro atoms. The van der Waals surface area contributed by atoms with Gasteiger partial charge in [0.1, 0.15) is 0 Å². The van der Waals surface area contributed by atoms with Gasteiger partial charge in [0.25, 0.3) is 5.91 Å². The molecule has 1 aliphatic rings. The first-order chi connectivity index (χ1) is 9.58. The highest BCUT2D eigenvalue weighted by atomic mass is 32.1. The summed E-state index contributed by atoms with van der Waals surface area (Å²) in [5, 5.41) is 4.65. The largest absolute Gasteiger partial charge is 0.381 e. The number of rotatable bonds is 5. The van der Waals surface area contributed by atoms with Crippen LogP contribution in [0, 0.1) is 12.8 Å². The van der Waals surface area contributed by atoms with Crippen LogP contribution in [0.2, 0.25) is 0 Å². The highest BCUT2D eigenvalue weighted by Gasteiger charge is 2.27. The Morgan fingerprint density at radius 3 is 2.80 bits per heavy atom. The molecule has 0 saturated carbocycles. The third-order valence-electron chi connectivity index (χ3n) is 3.57. The van der Waals surface area contributed by atoms with Crippen molar-refractivity contribution in [2.45, 2.75) is 32.2 Å². The average molecular weight is 297 g/mol. The summed E-state index contributed by atoms with van der Waals surface area (Å²) in [6.45, 7) is 3.12. The van der Waals surface area contributed by atoms with Crippen LogP contribution in [-0.4, -0.2) is 35.4 Å². The number of nitrogens with one attached hydrogen (secondary N) is 1. The van der Waals surface area contributed by atoms with E-state index in [0.717, 1.165) is 12.8 Å². The minimum absolute atomic E-state index is 0.160. The molecular formula is C13H19N3O3S. The highest BCUT2D eigenvalue weighted by molar-refractivity contribution is 7.03. The van der Waals surface area contributed by atoms with Crippen molar-refractivity contribution in [2.75, 3.05) is 13.2 Å². The molecule has 20 heavy (non-hydrogen) atoms. The fourth-order valence-corrected chi connectivity index (χ4v) is 3.12. The molecule has 1 saturated heterocycles. The Kier molecular flexibility index (Phi) is 5.08. The van der Waals surface area contributed by atoms with Crippen LogP contribution in [0.4, 0.5) is 0 Å². The molecular weight excluding hydrogens is 278 g/mol. The molecule has 7 heteroatoms.